The van der Waals surface area contributed by atoms with Gasteiger partial charge in [-0.1, -0.05) is 18.2 Å². The highest BCUT2D eigenvalue weighted by atomic mass is 16.2. The maximum atomic E-state index is 11.4. The topological polar surface area (TPSA) is 81.1 Å². The van der Waals surface area contributed by atoms with Crippen LogP contribution in [0.2, 0.25) is 0 Å². The van der Waals surface area contributed by atoms with Crippen LogP contribution >= 0.6 is 0 Å². The monoisotopic (exact) mass is 193 g/mol. The van der Waals surface area contributed by atoms with Gasteiger partial charge in [0.05, 0.1) is 6.04 Å². The lowest BCUT2D eigenvalue weighted by Gasteiger charge is -2.11. The van der Waals surface area contributed by atoms with E-state index in [9.17, 15) is 4.79 Å². The zero-order valence-electron chi connectivity index (χ0n) is 8.16. The molecule has 1 atom stereocenters. The molecule has 0 saturated heterocycles. The molecule has 0 spiro atoms. The van der Waals surface area contributed by atoms with Gasteiger partial charge in [-0.2, -0.15) is 0 Å². The molecule has 0 aliphatic carbocycles. The second-order valence-corrected chi connectivity index (χ2v) is 3.15. The third-order valence-corrected chi connectivity index (χ3v) is 1.99. The first-order valence-electron chi connectivity index (χ1n) is 4.47. The Kier molecular flexibility index (Phi) is 3.62. The number of carbonyl (C=O) groups is 1. The molecule has 0 bridgehead atoms. The first-order valence-corrected chi connectivity index (χ1v) is 4.47. The summed E-state index contributed by atoms with van der Waals surface area (Å²) in [5.74, 6) is -0.248. The highest BCUT2D eigenvalue weighted by Crippen LogP contribution is 2.12. The van der Waals surface area contributed by atoms with E-state index >= 15 is 0 Å². The van der Waals surface area contributed by atoms with E-state index in [1.165, 1.54) is 0 Å². The average molecular weight is 193 g/mol. The molecule has 4 heteroatoms. The standard InChI is InChI=1S/C10H15N3O/c1-7-4-2-3-5-9(7)13-10(14)8(12)6-11/h2-5,8H,6,11-12H2,1H3,(H,13,14)/t8-/m1/s1. The zero-order valence-corrected chi connectivity index (χ0v) is 8.16. The maximum Gasteiger partial charge on any atom is 0.242 e. The van der Waals surface area contributed by atoms with Crippen molar-refractivity contribution in [2.45, 2.75) is 13.0 Å². The fourth-order valence-electron chi connectivity index (χ4n) is 1.05. The summed E-state index contributed by atoms with van der Waals surface area (Å²) in [5, 5.41) is 2.72. The Labute approximate surface area is 83.3 Å². The molecular formula is C10H15N3O. The second kappa shape index (κ2) is 4.74. The third-order valence-electron chi connectivity index (χ3n) is 1.99. The first-order chi connectivity index (χ1) is 6.65. The summed E-state index contributed by atoms with van der Waals surface area (Å²) >= 11 is 0. The predicted molar refractivity (Wildman–Crippen MR) is 56.8 cm³/mol. The van der Waals surface area contributed by atoms with E-state index < -0.39 is 6.04 Å². The van der Waals surface area contributed by atoms with Crippen molar-refractivity contribution in [2.75, 3.05) is 11.9 Å². The van der Waals surface area contributed by atoms with Crippen molar-refractivity contribution in [3.05, 3.63) is 29.8 Å². The van der Waals surface area contributed by atoms with Crippen LogP contribution in [0.3, 0.4) is 0 Å². The van der Waals surface area contributed by atoms with Gasteiger partial charge < -0.3 is 16.8 Å². The summed E-state index contributed by atoms with van der Waals surface area (Å²) in [4.78, 5) is 11.4. The molecule has 0 saturated carbocycles. The fourth-order valence-corrected chi connectivity index (χ4v) is 1.05. The molecule has 1 aromatic rings. The van der Waals surface area contributed by atoms with Crippen molar-refractivity contribution in [3.8, 4) is 0 Å². The van der Waals surface area contributed by atoms with Crippen LogP contribution in [0.4, 0.5) is 5.69 Å². The highest BCUT2D eigenvalue weighted by Gasteiger charge is 2.11. The van der Waals surface area contributed by atoms with Crippen LogP contribution in [-0.4, -0.2) is 18.5 Å². The number of hydrogen-bond acceptors (Lipinski definition) is 3. The van der Waals surface area contributed by atoms with Gasteiger partial charge in [-0.3, -0.25) is 4.79 Å². The number of carbonyl (C=O) groups excluding carboxylic acids is 1. The van der Waals surface area contributed by atoms with Crippen molar-refractivity contribution in [3.63, 3.8) is 0 Å². The summed E-state index contributed by atoms with van der Waals surface area (Å²) in [6, 6.07) is 6.87. The average Bonchev–Trinajstić information content (AvgIpc) is 2.20. The van der Waals surface area contributed by atoms with E-state index in [1.807, 2.05) is 31.2 Å². The molecule has 76 valence electrons. The second-order valence-electron chi connectivity index (χ2n) is 3.15. The molecule has 14 heavy (non-hydrogen) atoms. The number of aryl methyl sites for hydroxylation is 1. The molecule has 0 fully saturated rings. The molecule has 1 rings (SSSR count). The Hall–Kier alpha value is -1.39. The molecule has 5 N–H and O–H groups in total. The Morgan fingerprint density at radius 3 is 2.71 bits per heavy atom. The van der Waals surface area contributed by atoms with E-state index in [-0.39, 0.29) is 12.5 Å². The summed E-state index contributed by atoms with van der Waals surface area (Å²) < 4.78 is 0. The van der Waals surface area contributed by atoms with E-state index in [4.69, 9.17) is 11.5 Å². The van der Waals surface area contributed by atoms with Crippen molar-refractivity contribution in [1.29, 1.82) is 0 Å². The summed E-state index contributed by atoms with van der Waals surface area (Å²) in [6.45, 7) is 2.07. The molecule has 1 aromatic carbocycles. The maximum absolute atomic E-state index is 11.4. The van der Waals surface area contributed by atoms with Gasteiger partial charge in [-0.15, -0.1) is 0 Å². The largest absolute Gasteiger partial charge is 0.328 e. The number of nitrogens with one attached hydrogen (secondary N) is 1. The van der Waals surface area contributed by atoms with Gasteiger partial charge in [-0.25, -0.2) is 0 Å². The summed E-state index contributed by atoms with van der Waals surface area (Å²) in [6.07, 6.45) is 0. The van der Waals surface area contributed by atoms with Gasteiger partial charge in [0.15, 0.2) is 0 Å². The third kappa shape index (κ3) is 2.55. The Morgan fingerprint density at radius 1 is 1.50 bits per heavy atom. The van der Waals surface area contributed by atoms with Crippen molar-refractivity contribution in [2.24, 2.45) is 11.5 Å². The van der Waals surface area contributed by atoms with Gasteiger partial charge in [-0.05, 0) is 18.6 Å². The highest BCUT2D eigenvalue weighted by molar-refractivity contribution is 5.95. The smallest absolute Gasteiger partial charge is 0.242 e. The summed E-state index contributed by atoms with van der Waals surface area (Å²) in [5.41, 5.74) is 12.5. The van der Waals surface area contributed by atoms with Gasteiger partial charge in [0.2, 0.25) is 5.91 Å². The van der Waals surface area contributed by atoms with E-state index in [2.05, 4.69) is 5.32 Å². The van der Waals surface area contributed by atoms with Crippen LogP contribution < -0.4 is 16.8 Å². The summed E-state index contributed by atoms with van der Waals surface area (Å²) in [7, 11) is 0. The SMILES string of the molecule is Cc1ccccc1NC(=O)[C@H](N)CN. The normalized spacial score (nSPS) is 12.2. The van der Waals surface area contributed by atoms with Crippen molar-refractivity contribution in [1.82, 2.24) is 0 Å². The first kappa shape index (κ1) is 10.7. The lowest BCUT2D eigenvalue weighted by molar-refractivity contribution is -0.117. The molecule has 0 aliphatic heterocycles. The van der Waals surface area contributed by atoms with Crippen LogP contribution in [0.5, 0.6) is 0 Å². The molecule has 1 amide bonds. The minimum Gasteiger partial charge on any atom is -0.328 e. The number of amides is 1. The molecule has 0 unspecified atom stereocenters. The Morgan fingerprint density at radius 2 is 2.14 bits per heavy atom. The lowest BCUT2D eigenvalue weighted by Crippen LogP contribution is -2.41. The van der Waals surface area contributed by atoms with Gasteiger partial charge in [0.1, 0.15) is 0 Å². The van der Waals surface area contributed by atoms with Gasteiger partial charge in [0, 0.05) is 12.2 Å². The molecule has 4 nitrogen and oxygen atoms in total. The van der Waals surface area contributed by atoms with Crippen molar-refractivity contribution >= 4 is 11.6 Å². The number of anilines is 1. The van der Waals surface area contributed by atoms with Crippen LogP contribution in [0.1, 0.15) is 5.56 Å². The number of rotatable bonds is 3. The van der Waals surface area contributed by atoms with Crippen LogP contribution in [0.15, 0.2) is 24.3 Å². The molecule has 0 radical (unpaired) electrons. The quantitative estimate of drug-likeness (QED) is 0.642. The van der Waals surface area contributed by atoms with Crippen LogP contribution in [0.25, 0.3) is 0 Å². The number of hydrogen-bond donors (Lipinski definition) is 3. The van der Waals surface area contributed by atoms with Gasteiger partial charge >= 0.3 is 0 Å². The van der Waals surface area contributed by atoms with E-state index in [1.54, 1.807) is 0 Å². The molecule has 0 aromatic heterocycles. The zero-order chi connectivity index (χ0) is 10.6. The number of nitrogens with two attached hydrogens (primary N) is 2. The lowest BCUT2D eigenvalue weighted by atomic mass is 10.2. The van der Waals surface area contributed by atoms with Crippen molar-refractivity contribution < 1.29 is 4.79 Å². The minimum atomic E-state index is -0.644. The van der Waals surface area contributed by atoms with E-state index in [0.717, 1.165) is 11.3 Å². The molecular weight excluding hydrogens is 178 g/mol. The van der Waals surface area contributed by atoms with Gasteiger partial charge in [0.25, 0.3) is 0 Å². The van der Waals surface area contributed by atoms with Crippen LogP contribution in [-0.2, 0) is 4.79 Å². The number of para-hydroxylation sites is 1. The Bertz CT molecular complexity index is 325. The number of benzene rings is 1. The minimum absolute atomic E-state index is 0.151. The predicted octanol–water partition coefficient (Wildman–Crippen LogP) is 0.220. The van der Waals surface area contributed by atoms with E-state index in [0.29, 0.717) is 0 Å². The van der Waals surface area contributed by atoms with Crippen LogP contribution in [0, 0.1) is 6.92 Å². The Balaban J connectivity index is 2.70. The molecule has 0 aliphatic rings. The fraction of sp³-hybridized carbons (Fsp3) is 0.300. The molecule has 0 heterocycles.